The molecule has 1 saturated heterocycles. The number of alkyl halides is 6. The Morgan fingerprint density at radius 3 is 1.98 bits per heavy atom. The number of nitrogens with zero attached hydrogens (tertiary/aromatic N) is 4. The quantitative estimate of drug-likeness (QED) is 0.488. The van der Waals surface area contributed by atoms with Gasteiger partial charge < -0.3 is 15.1 Å². The van der Waals surface area contributed by atoms with Gasteiger partial charge in [0.1, 0.15) is 0 Å². The molecule has 2 aromatic rings. The molecule has 2 aliphatic heterocycles. The maximum atomic E-state index is 13.3. The lowest BCUT2D eigenvalue weighted by Gasteiger charge is -2.35. The van der Waals surface area contributed by atoms with Gasteiger partial charge in [-0.3, -0.25) is 9.88 Å². The first-order valence-corrected chi connectivity index (χ1v) is 13.2. The first kappa shape index (κ1) is 33.9. The van der Waals surface area contributed by atoms with E-state index in [1.54, 1.807) is 22.8 Å². The van der Waals surface area contributed by atoms with Crippen LogP contribution in [-0.4, -0.2) is 102 Å². The number of carboxylic acid groups (broad SMARTS) is 2. The van der Waals surface area contributed by atoms with Gasteiger partial charge in [0, 0.05) is 45.1 Å². The molecule has 1 aromatic heterocycles. The number of hydrogen-bond donors (Lipinski definition) is 2. The fourth-order valence-corrected chi connectivity index (χ4v) is 6.41. The lowest BCUT2D eigenvalue weighted by Crippen LogP contribution is -2.48. The minimum absolute atomic E-state index is 0.460. The van der Waals surface area contributed by atoms with E-state index in [0.29, 0.717) is 18.0 Å². The van der Waals surface area contributed by atoms with Crippen LogP contribution in [0.15, 0.2) is 53.7 Å². The van der Waals surface area contributed by atoms with Gasteiger partial charge in [0.2, 0.25) is 10.0 Å². The third-order valence-electron chi connectivity index (χ3n) is 6.15. The zero-order valence-electron chi connectivity index (χ0n) is 21.9. The second-order valence-corrected chi connectivity index (χ2v) is 11.2. The Morgan fingerprint density at radius 2 is 1.49 bits per heavy atom. The van der Waals surface area contributed by atoms with Crippen molar-refractivity contribution in [2.24, 2.45) is 0 Å². The number of rotatable bonds is 5. The number of benzene rings is 1. The van der Waals surface area contributed by atoms with Gasteiger partial charge in [0.15, 0.2) is 0 Å². The standard InChI is InChI=1S/C20H26N4O2S.2C2HF3O2/c1-22(2)13-14-24-20(18-5-3-4-6-19(18)27(24,25)26)9-12-23(16-20)15-17-7-10-21-11-8-17;2*3-2(4,5)1(6)7/h3-8,10-11H,9,12-16H2,1-2H3;2*(H,6,7). The summed E-state index contributed by atoms with van der Waals surface area (Å²) in [5.41, 5.74) is 1.70. The zero-order chi connectivity index (χ0) is 31.2. The minimum atomic E-state index is -5.08. The number of carboxylic acids is 2. The van der Waals surface area contributed by atoms with Gasteiger partial charge in [0.05, 0.1) is 10.4 Å². The van der Waals surface area contributed by atoms with Gasteiger partial charge in [-0.2, -0.15) is 30.6 Å². The highest BCUT2D eigenvalue weighted by molar-refractivity contribution is 7.89. The fraction of sp³-hybridized carbons (Fsp3) is 0.458. The molecule has 0 radical (unpaired) electrons. The molecule has 0 amide bonds. The van der Waals surface area contributed by atoms with Crippen LogP contribution >= 0.6 is 0 Å². The van der Waals surface area contributed by atoms with E-state index >= 15 is 0 Å². The molecule has 2 aliphatic rings. The highest BCUT2D eigenvalue weighted by Crippen LogP contribution is 2.49. The molecule has 10 nitrogen and oxygen atoms in total. The van der Waals surface area contributed by atoms with Crippen LogP contribution in [0.3, 0.4) is 0 Å². The number of sulfonamides is 1. The first-order valence-electron chi connectivity index (χ1n) is 11.8. The Kier molecular flexibility index (Phi) is 10.9. The molecule has 2 N–H and O–H groups in total. The van der Waals surface area contributed by atoms with E-state index in [9.17, 15) is 34.8 Å². The van der Waals surface area contributed by atoms with Crippen molar-refractivity contribution in [1.29, 1.82) is 0 Å². The summed E-state index contributed by atoms with van der Waals surface area (Å²) in [6.07, 6.45) is -5.73. The molecule has 0 bridgehead atoms. The third-order valence-corrected chi connectivity index (χ3v) is 8.18. The predicted octanol–water partition coefficient (Wildman–Crippen LogP) is 3.02. The summed E-state index contributed by atoms with van der Waals surface area (Å²) < 4.78 is 91.8. The average Bonchev–Trinajstić information content (AvgIpc) is 3.35. The Balaban J connectivity index is 0.000000349. The normalized spacial score (nSPS) is 20.1. The van der Waals surface area contributed by atoms with Crippen molar-refractivity contribution >= 4 is 22.0 Å². The van der Waals surface area contributed by atoms with Crippen molar-refractivity contribution in [2.75, 3.05) is 40.3 Å². The molecule has 17 heteroatoms. The minimum Gasteiger partial charge on any atom is -0.475 e. The van der Waals surface area contributed by atoms with Crippen LogP contribution in [0, 0.1) is 0 Å². The zero-order valence-corrected chi connectivity index (χ0v) is 22.7. The molecule has 3 heterocycles. The van der Waals surface area contributed by atoms with Gasteiger partial charge in [-0.25, -0.2) is 18.0 Å². The van der Waals surface area contributed by atoms with Crippen LogP contribution in [0.25, 0.3) is 0 Å². The Bertz CT molecular complexity index is 1280. The topological polar surface area (TPSA) is 131 Å². The number of fused-ring (bicyclic) bond motifs is 2. The number of aromatic nitrogens is 1. The number of hydrogen-bond acceptors (Lipinski definition) is 7. The molecule has 4 rings (SSSR count). The summed E-state index contributed by atoms with van der Waals surface area (Å²) in [5, 5.41) is 14.2. The highest BCUT2D eigenvalue weighted by atomic mass is 32.2. The Morgan fingerprint density at radius 1 is 0.976 bits per heavy atom. The summed E-state index contributed by atoms with van der Waals surface area (Å²) in [7, 11) is 0.498. The number of halogens is 6. The van der Waals surface area contributed by atoms with Crippen LogP contribution < -0.4 is 0 Å². The molecule has 1 spiro atoms. The van der Waals surface area contributed by atoms with Crippen molar-refractivity contribution < 1.29 is 54.6 Å². The van der Waals surface area contributed by atoms with Crippen molar-refractivity contribution in [3.05, 3.63) is 59.9 Å². The van der Waals surface area contributed by atoms with E-state index in [-0.39, 0.29) is 0 Å². The largest absolute Gasteiger partial charge is 0.490 e. The molecule has 41 heavy (non-hydrogen) atoms. The van der Waals surface area contributed by atoms with Gasteiger partial charge in [0.25, 0.3) is 0 Å². The van der Waals surface area contributed by atoms with Crippen LogP contribution in [0.2, 0.25) is 0 Å². The Hall–Kier alpha value is -3.28. The van der Waals surface area contributed by atoms with Crippen LogP contribution in [0.4, 0.5) is 26.3 Å². The summed E-state index contributed by atoms with van der Waals surface area (Å²) in [4.78, 5) is 26.7. The molecule has 1 aromatic carbocycles. The molecule has 0 saturated carbocycles. The van der Waals surface area contributed by atoms with Crippen molar-refractivity contribution in [3.8, 4) is 0 Å². The molecular formula is C24H28F6N4O6S. The lowest BCUT2D eigenvalue weighted by molar-refractivity contribution is -0.193. The monoisotopic (exact) mass is 614 g/mol. The van der Waals surface area contributed by atoms with Gasteiger partial charge in [-0.1, -0.05) is 18.2 Å². The fourth-order valence-electron chi connectivity index (χ4n) is 4.36. The van der Waals surface area contributed by atoms with E-state index < -0.39 is 39.9 Å². The van der Waals surface area contributed by atoms with Crippen LogP contribution in [0.1, 0.15) is 17.5 Å². The molecule has 1 atom stereocenters. The Labute approximate surface area is 231 Å². The van der Waals surface area contributed by atoms with E-state index in [4.69, 9.17) is 19.8 Å². The smallest absolute Gasteiger partial charge is 0.475 e. The predicted molar refractivity (Wildman–Crippen MR) is 132 cm³/mol. The van der Waals surface area contributed by atoms with Gasteiger partial charge in [-0.05, 0) is 49.8 Å². The summed E-state index contributed by atoms with van der Waals surface area (Å²) in [6, 6.07) is 11.6. The van der Waals surface area contributed by atoms with Crippen LogP contribution in [0.5, 0.6) is 0 Å². The van der Waals surface area contributed by atoms with E-state index in [1.165, 1.54) is 5.56 Å². The number of aliphatic carboxylic acids is 2. The average molecular weight is 615 g/mol. The summed E-state index contributed by atoms with van der Waals surface area (Å²) >= 11 is 0. The van der Waals surface area contributed by atoms with Crippen molar-refractivity contribution in [2.45, 2.75) is 35.8 Å². The summed E-state index contributed by atoms with van der Waals surface area (Å²) in [5.74, 6) is -5.51. The number of pyridine rings is 1. The van der Waals surface area contributed by atoms with Crippen molar-refractivity contribution in [3.63, 3.8) is 0 Å². The van der Waals surface area contributed by atoms with Crippen molar-refractivity contribution in [1.82, 2.24) is 19.1 Å². The van der Waals surface area contributed by atoms with Gasteiger partial charge >= 0.3 is 24.3 Å². The SMILES string of the molecule is CN(C)CCN1C2(CCN(Cc3ccncc3)C2)c2ccccc2S1(=O)=O.O=C(O)C(F)(F)F.O=C(O)C(F)(F)F. The molecule has 1 unspecified atom stereocenters. The first-order chi connectivity index (χ1) is 18.8. The molecular weight excluding hydrogens is 586 g/mol. The van der Waals surface area contributed by atoms with Crippen LogP contribution in [-0.2, 0) is 31.7 Å². The third kappa shape index (κ3) is 8.61. The second kappa shape index (κ2) is 13.1. The molecule has 0 aliphatic carbocycles. The second-order valence-electron chi connectivity index (χ2n) is 9.33. The maximum absolute atomic E-state index is 13.3. The molecule has 228 valence electrons. The van der Waals surface area contributed by atoms with Gasteiger partial charge in [-0.15, -0.1) is 0 Å². The molecule has 1 fully saturated rings. The van der Waals surface area contributed by atoms with E-state index in [2.05, 4.69) is 9.88 Å². The summed E-state index contributed by atoms with van der Waals surface area (Å²) in [6.45, 7) is 3.63. The number of likely N-dealkylation sites (N-methyl/N-ethyl adjacent to an activating group) is 1. The number of carbonyl (C=O) groups is 2. The van der Waals surface area contributed by atoms with E-state index in [0.717, 1.165) is 31.6 Å². The highest BCUT2D eigenvalue weighted by Gasteiger charge is 2.56. The maximum Gasteiger partial charge on any atom is 0.490 e. The lowest BCUT2D eigenvalue weighted by atomic mass is 9.89. The van der Waals surface area contributed by atoms with E-state index in [1.807, 2.05) is 49.3 Å². The number of likely N-dealkylation sites (tertiary alicyclic amines) is 1.